The molecule has 0 saturated heterocycles. The van der Waals surface area contributed by atoms with Crippen LogP contribution in [0.2, 0.25) is 0 Å². The molecule has 1 unspecified atom stereocenters. The van der Waals surface area contributed by atoms with Crippen molar-refractivity contribution in [2.75, 3.05) is 7.05 Å². The zero-order chi connectivity index (χ0) is 39.3. The number of rotatable bonds is 3. The van der Waals surface area contributed by atoms with Crippen LogP contribution in [0.1, 0.15) is 50.6 Å². The largest absolute Gasteiger partial charge is 0.454 e. The molecule has 1 aliphatic heterocycles. The van der Waals surface area contributed by atoms with E-state index in [0.29, 0.717) is 18.7 Å². The molecule has 0 N–H and O–H groups in total. The molecule has 1 atom stereocenters. The Bertz CT molecular complexity index is 2590. The fourth-order valence-corrected chi connectivity index (χ4v) is 8.39. The Hall–Kier alpha value is -5.34. The van der Waals surface area contributed by atoms with E-state index in [4.69, 9.17) is 19.6 Å². The molecule has 6 aromatic rings. The van der Waals surface area contributed by atoms with Crippen molar-refractivity contribution in [1.82, 2.24) is 23.6 Å². The zero-order valence-electron chi connectivity index (χ0n) is 30.8. The highest BCUT2D eigenvalue weighted by molar-refractivity contribution is 9.10. The lowest BCUT2D eigenvalue weighted by molar-refractivity contribution is 0.0712. The summed E-state index contributed by atoms with van der Waals surface area (Å²) in [5, 5.41) is 5.05. The Morgan fingerprint density at radius 1 is 0.873 bits per heavy atom. The molecule has 1 aliphatic rings. The lowest BCUT2D eigenvalue weighted by Crippen LogP contribution is -2.44. The predicted molar refractivity (Wildman–Crippen MR) is 208 cm³/mol. The number of nitrogens with zero attached hydrogens (tertiary/aromatic N) is 5. The van der Waals surface area contributed by atoms with Crippen LogP contribution in [0.3, 0.4) is 0 Å². The summed E-state index contributed by atoms with van der Waals surface area (Å²) in [6.45, 7) is 5.34. The van der Waals surface area contributed by atoms with Crippen LogP contribution >= 0.6 is 15.9 Å². The van der Waals surface area contributed by atoms with E-state index in [0.717, 1.165) is 20.1 Å². The number of carbonyl (C=O) groups excluding carboxylic acids is 1. The predicted octanol–water partition coefficient (Wildman–Crippen LogP) is 9.51. The Labute approximate surface area is 326 Å². The molecule has 284 valence electrons. The first-order chi connectivity index (χ1) is 26.1. The van der Waals surface area contributed by atoms with Gasteiger partial charge in [-0.25, -0.2) is 35.6 Å². The molecule has 2 aromatic heterocycles. The van der Waals surface area contributed by atoms with E-state index >= 15 is 8.78 Å². The lowest BCUT2D eigenvalue weighted by atomic mass is 9.78. The number of carbonyl (C=O) groups is 1. The number of halogens is 3. The molecule has 0 aliphatic carbocycles. The molecule has 1 amide bonds. The van der Waals surface area contributed by atoms with E-state index in [1.807, 2.05) is 57.2 Å². The van der Waals surface area contributed by atoms with Crippen LogP contribution in [0, 0.1) is 11.6 Å². The minimum atomic E-state index is -4.14. The number of benzene rings is 4. The highest BCUT2D eigenvalue weighted by Gasteiger charge is 2.35. The molecule has 0 fully saturated rings. The van der Waals surface area contributed by atoms with Crippen LogP contribution in [0.25, 0.3) is 22.3 Å². The number of hydrogen-bond donors (Lipinski definition) is 0. The zero-order valence-corrected chi connectivity index (χ0v) is 33.2. The normalized spacial score (nSPS) is 18.4. The van der Waals surface area contributed by atoms with E-state index in [1.54, 1.807) is 32.3 Å². The van der Waals surface area contributed by atoms with Gasteiger partial charge in [0.1, 0.15) is 18.2 Å². The van der Waals surface area contributed by atoms with Gasteiger partial charge in [0, 0.05) is 47.3 Å². The molecule has 3 heterocycles. The number of aromatic nitrogens is 4. The first-order valence-electron chi connectivity index (χ1n) is 17.4. The lowest BCUT2D eigenvalue weighted by Gasteiger charge is -2.34. The third kappa shape index (κ3) is 7.04. The highest BCUT2D eigenvalue weighted by Crippen LogP contribution is 2.40. The first-order valence-corrected chi connectivity index (χ1v) is 19.7. The average molecular weight is 831 g/mol. The van der Waals surface area contributed by atoms with E-state index in [9.17, 15) is 13.2 Å². The minimum absolute atomic E-state index is 0.00537. The second kappa shape index (κ2) is 14.4. The van der Waals surface area contributed by atoms with E-state index in [1.165, 1.54) is 52.2 Å². The quantitative estimate of drug-likeness (QED) is 0.164. The third-order valence-corrected chi connectivity index (χ3v) is 12.4. The summed E-state index contributed by atoms with van der Waals surface area (Å²) in [4.78, 5) is 20.0. The van der Waals surface area contributed by atoms with Crippen molar-refractivity contribution < 1.29 is 31.5 Å². The summed E-state index contributed by atoms with van der Waals surface area (Å²) in [6.07, 6.45) is 5.55. The van der Waals surface area contributed by atoms with Gasteiger partial charge in [0.05, 0.1) is 21.4 Å². The highest BCUT2D eigenvalue weighted by atomic mass is 79.9. The van der Waals surface area contributed by atoms with Crippen molar-refractivity contribution >= 4 is 42.9 Å². The summed E-state index contributed by atoms with van der Waals surface area (Å²) in [7, 11) is -0.848. The summed E-state index contributed by atoms with van der Waals surface area (Å²) in [5.41, 5.74) is -0.406. The second-order valence-electron chi connectivity index (χ2n) is 14.3. The van der Waals surface area contributed by atoms with Crippen LogP contribution in [-0.2, 0) is 33.8 Å². The van der Waals surface area contributed by atoms with Gasteiger partial charge in [-0.05, 0) is 87.7 Å². The van der Waals surface area contributed by atoms with Gasteiger partial charge in [0.15, 0.2) is 23.2 Å². The Morgan fingerprint density at radius 2 is 1.62 bits per heavy atom. The molecule has 10 nitrogen and oxygen atoms in total. The van der Waals surface area contributed by atoms with Gasteiger partial charge in [-0.2, -0.15) is 5.10 Å². The average Bonchev–Trinajstić information content (AvgIpc) is 3.77. The fourth-order valence-electron chi connectivity index (χ4n) is 6.63. The molecular formula is C41H38BrF2N5O5S. The topological polar surface area (TPSA) is 109 Å². The standard InChI is InChI=1S/C41H38BrF2N5O5S/c1-40(2)19-9-10-20-41(3,26-12-11-13-27(42)22-26)38-45-37(48(5)46-38)31-23-28(16-17-33(31)43)54-36-32(25-53-39(50)47(40)4)30-18-21-49(35(30)24-34(36)44)55(51,52)29-14-7-6-8-15-29/h6-18,21-24H,19-20,25H2,1-5H3/b10-9-. The van der Waals surface area contributed by atoms with Gasteiger partial charge >= 0.3 is 6.09 Å². The Balaban J connectivity index is 1.40. The number of fused-ring (bicyclic) bond motifs is 8. The molecule has 4 bridgehead atoms. The number of aryl methyl sites for hydroxylation is 1. The maximum atomic E-state index is 16.4. The molecule has 7 rings (SSSR count). The van der Waals surface area contributed by atoms with Gasteiger partial charge in [-0.3, -0.25) is 0 Å². The molecule has 4 aromatic carbocycles. The van der Waals surface area contributed by atoms with Crippen molar-refractivity contribution in [1.29, 1.82) is 0 Å². The molecular weight excluding hydrogens is 792 g/mol. The summed E-state index contributed by atoms with van der Waals surface area (Å²) in [6, 6.07) is 22.1. The van der Waals surface area contributed by atoms with Gasteiger partial charge < -0.3 is 14.4 Å². The van der Waals surface area contributed by atoms with Crippen LogP contribution in [0.5, 0.6) is 11.5 Å². The van der Waals surface area contributed by atoms with Gasteiger partial charge in [-0.15, -0.1) is 0 Å². The number of allylic oxidation sites excluding steroid dienone is 1. The van der Waals surface area contributed by atoms with Crippen molar-refractivity contribution in [3.8, 4) is 22.9 Å². The van der Waals surface area contributed by atoms with Crippen molar-refractivity contribution in [2.24, 2.45) is 7.05 Å². The SMILES string of the molecule is CN1C(=O)OCc2c(c(F)cc3c2ccn3S(=O)(=O)c2ccccc2)Oc2ccc(F)c(c2)-c2nc(nn2C)C(C)(c2cccc(Br)c2)C/C=C\CC1(C)C. The van der Waals surface area contributed by atoms with Crippen molar-refractivity contribution in [3.63, 3.8) is 0 Å². The Kier molecular flexibility index (Phi) is 9.93. The first kappa shape index (κ1) is 38.0. The van der Waals surface area contributed by atoms with Crippen LogP contribution < -0.4 is 4.74 Å². The fraction of sp³-hybridized carbons (Fsp3) is 0.244. The van der Waals surface area contributed by atoms with Crippen LogP contribution in [-0.4, -0.2) is 50.7 Å². The molecule has 55 heavy (non-hydrogen) atoms. The Morgan fingerprint density at radius 3 is 2.36 bits per heavy atom. The maximum absolute atomic E-state index is 16.4. The van der Waals surface area contributed by atoms with Gasteiger partial charge in [0.25, 0.3) is 10.0 Å². The van der Waals surface area contributed by atoms with Crippen LogP contribution in [0.15, 0.2) is 113 Å². The van der Waals surface area contributed by atoms with Gasteiger partial charge in [0.2, 0.25) is 0 Å². The molecule has 0 spiro atoms. The number of cyclic esters (lactones) is 1. The summed E-state index contributed by atoms with van der Waals surface area (Å²) in [5.74, 6) is -1.14. The van der Waals surface area contributed by atoms with E-state index < -0.39 is 45.3 Å². The van der Waals surface area contributed by atoms with Crippen molar-refractivity contribution in [2.45, 2.75) is 56.1 Å². The molecule has 0 radical (unpaired) electrons. The van der Waals surface area contributed by atoms with Crippen LogP contribution in [0.4, 0.5) is 13.6 Å². The third-order valence-electron chi connectivity index (χ3n) is 10.2. The second-order valence-corrected chi connectivity index (χ2v) is 17.0. The van der Waals surface area contributed by atoms with Crippen molar-refractivity contribution in [3.05, 3.63) is 136 Å². The molecule has 0 saturated carbocycles. The van der Waals surface area contributed by atoms with Gasteiger partial charge in [-0.1, -0.05) is 58.4 Å². The monoisotopic (exact) mass is 829 g/mol. The number of amides is 1. The number of ether oxygens (including phenoxy) is 2. The summed E-state index contributed by atoms with van der Waals surface area (Å²) >= 11 is 3.58. The van der Waals surface area contributed by atoms with E-state index in [2.05, 4.69) is 15.9 Å². The number of hydrogen-bond acceptors (Lipinski definition) is 7. The minimum Gasteiger partial charge on any atom is -0.454 e. The maximum Gasteiger partial charge on any atom is 0.410 e. The molecule has 14 heteroatoms. The van der Waals surface area contributed by atoms with E-state index in [-0.39, 0.29) is 44.2 Å². The smallest absolute Gasteiger partial charge is 0.410 e. The summed E-state index contributed by atoms with van der Waals surface area (Å²) < 4.78 is 74.8.